The van der Waals surface area contributed by atoms with Gasteiger partial charge in [0.15, 0.2) is 0 Å². The molecular weight excluding hydrogens is 304 g/mol. The van der Waals surface area contributed by atoms with Crippen molar-refractivity contribution in [2.45, 2.75) is 25.8 Å². The van der Waals surface area contributed by atoms with E-state index in [1.165, 1.54) is 4.90 Å². The van der Waals surface area contributed by atoms with Crippen molar-refractivity contribution in [3.63, 3.8) is 0 Å². The van der Waals surface area contributed by atoms with Crippen LogP contribution in [0.2, 0.25) is 0 Å². The van der Waals surface area contributed by atoms with Gasteiger partial charge in [-0.25, -0.2) is 0 Å². The summed E-state index contributed by atoms with van der Waals surface area (Å²) >= 11 is 0. The van der Waals surface area contributed by atoms with E-state index >= 15 is 0 Å². The molecule has 3 atom stereocenters. The minimum Gasteiger partial charge on any atom is -0.466 e. The monoisotopic (exact) mass is 318 g/mol. The Morgan fingerprint density at radius 1 is 1.23 bits per heavy atom. The van der Waals surface area contributed by atoms with Crippen LogP contribution in [-0.2, 0) is 9.53 Å². The van der Waals surface area contributed by atoms with E-state index in [0.29, 0.717) is 12.8 Å². The maximum atomic E-state index is 13.9. The number of piperidine rings is 1. The first-order chi connectivity index (χ1) is 10.4. The normalized spacial score (nSPS) is 26.6. The van der Waals surface area contributed by atoms with E-state index in [0.717, 1.165) is 0 Å². The Morgan fingerprint density at radius 2 is 1.86 bits per heavy atom. The van der Waals surface area contributed by atoms with Crippen molar-refractivity contribution in [1.29, 1.82) is 0 Å². The summed E-state index contributed by atoms with van der Waals surface area (Å²) in [7, 11) is 0. The van der Waals surface area contributed by atoms with Crippen LogP contribution in [0.3, 0.4) is 0 Å². The van der Waals surface area contributed by atoms with Gasteiger partial charge >= 0.3 is 5.97 Å². The van der Waals surface area contributed by atoms with E-state index < -0.39 is 47.1 Å². The van der Waals surface area contributed by atoms with E-state index in [2.05, 4.69) is 4.98 Å². The Hall–Kier alpha value is -1.86. The molecule has 0 N–H and O–H groups in total. The summed E-state index contributed by atoms with van der Waals surface area (Å²) in [5, 5.41) is 0. The molecule has 0 amide bonds. The number of carbonyl (C=O) groups excluding carboxylic acids is 1. The summed E-state index contributed by atoms with van der Waals surface area (Å²) in [6.45, 7) is 2.11. The first-order valence-electron chi connectivity index (χ1n) is 7.07. The van der Waals surface area contributed by atoms with Crippen molar-refractivity contribution < 1.29 is 27.1 Å². The van der Waals surface area contributed by atoms with Gasteiger partial charge in [0.05, 0.1) is 12.5 Å². The van der Waals surface area contributed by atoms with Crippen LogP contribution in [-0.4, -0.2) is 30.1 Å². The highest BCUT2D eigenvalue weighted by molar-refractivity contribution is 5.75. The number of fused-ring (bicyclic) bond motifs is 2. The van der Waals surface area contributed by atoms with Gasteiger partial charge < -0.3 is 9.64 Å². The molecule has 2 heterocycles. The number of rotatable bonds is 3. The molecule has 1 aliphatic heterocycles. The fraction of sp³-hybridized carbons (Fsp3) is 0.571. The number of hydrogen-bond acceptors (Lipinski definition) is 4. The molecule has 2 fully saturated rings. The van der Waals surface area contributed by atoms with Crippen molar-refractivity contribution in [3.8, 4) is 0 Å². The first-order valence-corrected chi connectivity index (χ1v) is 7.07. The zero-order valence-corrected chi connectivity index (χ0v) is 11.8. The predicted molar refractivity (Wildman–Crippen MR) is 68.1 cm³/mol. The van der Waals surface area contributed by atoms with E-state index in [4.69, 9.17) is 4.74 Å². The number of ether oxygens (including phenoxy) is 1. The number of pyridine rings is 1. The van der Waals surface area contributed by atoms with Crippen LogP contribution in [0.1, 0.15) is 19.8 Å². The minimum atomic E-state index is -1.69. The number of esters is 1. The Labute approximate surface area is 124 Å². The van der Waals surface area contributed by atoms with Gasteiger partial charge in [-0.15, -0.1) is 0 Å². The molecule has 1 aromatic heterocycles. The van der Waals surface area contributed by atoms with E-state index in [9.17, 15) is 22.4 Å². The van der Waals surface area contributed by atoms with Gasteiger partial charge in [0.2, 0.25) is 11.6 Å². The highest BCUT2D eigenvalue weighted by Crippen LogP contribution is 2.46. The van der Waals surface area contributed by atoms with Crippen molar-refractivity contribution in [2.24, 2.45) is 11.8 Å². The molecule has 3 unspecified atom stereocenters. The average Bonchev–Trinajstić information content (AvgIpc) is 3.06. The summed E-state index contributed by atoms with van der Waals surface area (Å²) in [6, 6.07) is -0.519. The van der Waals surface area contributed by atoms with E-state index in [-0.39, 0.29) is 19.1 Å². The molecule has 4 nitrogen and oxygen atoms in total. The largest absolute Gasteiger partial charge is 0.466 e. The average molecular weight is 318 g/mol. The van der Waals surface area contributed by atoms with Crippen LogP contribution in [0.5, 0.6) is 0 Å². The number of hydrogen-bond donors (Lipinski definition) is 0. The van der Waals surface area contributed by atoms with Gasteiger partial charge in [0.25, 0.3) is 11.9 Å². The second kappa shape index (κ2) is 5.40. The molecule has 8 heteroatoms. The molecule has 1 saturated carbocycles. The van der Waals surface area contributed by atoms with Crippen LogP contribution in [0.15, 0.2) is 0 Å². The van der Waals surface area contributed by atoms with Crippen LogP contribution in [0.25, 0.3) is 0 Å². The molecule has 1 aromatic rings. The maximum absolute atomic E-state index is 13.9. The van der Waals surface area contributed by atoms with Gasteiger partial charge in [-0.2, -0.15) is 22.5 Å². The Bertz CT molecular complexity index is 599. The van der Waals surface area contributed by atoms with Crippen molar-refractivity contribution in [3.05, 3.63) is 23.5 Å². The Morgan fingerprint density at radius 3 is 2.41 bits per heavy atom. The molecule has 3 rings (SSSR count). The lowest BCUT2D eigenvalue weighted by Crippen LogP contribution is -2.43. The molecule has 0 aromatic carbocycles. The third-order valence-corrected chi connectivity index (χ3v) is 4.33. The fourth-order valence-corrected chi connectivity index (χ4v) is 3.51. The third-order valence-electron chi connectivity index (χ3n) is 4.33. The second-order valence-corrected chi connectivity index (χ2v) is 5.59. The minimum absolute atomic E-state index is 0.0393. The van der Waals surface area contributed by atoms with Crippen molar-refractivity contribution in [1.82, 2.24) is 4.98 Å². The molecule has 0 radical (unpaired) electrons. The highest BCUT2D eigenvalue weighted by atomic mass is 19.2. The van der Waals surface area contributed by atoms with Crippen LogP contribution in [0, 0.1) is 35.4 Å². The number of nitrogens with zero attached hydrogens (tertiary/aromatic N) is 2. The number of halogens is 4. The van der Waals surface area contributed by atoms with Crippen LogP contribution in [0.4, 0.5) is 23.2 Å². The van der Waals surface area contributed by atoms with Crippen LogP contribution < -0.4 is 4.90 Å². The zero-order valence-electron chi connectivity index (χ0n) is 11.8. The number of carbonyl (C=O) groups is 1. The second-order valence-electron chi connectivity index (χ2n) is 5.59. The number of aromatic nitrogens is 1. The molecule has 22 heavy (non-hydrogen) atoms. The molecule has 120 valence electrons. The van der Waals surface area contributed by atoms with Gasteiger partial charge in [-0.3, -0.25) is 4.79 Å². The Balaban J connectivity index is 1.96. The summed E-state index contributed by atoms with van der Waals surface area (Å²) in [5.41, 5.74) is -0.786. The molecule has 2 aliphatic rings. The summed E-state index contributed by atoms with van der Waals surface area (Å²) < 4.78 is 59.3. The van der Waals surface area contributed by atoms with E-state index in [1.807, 2.05) is 0 Å². The number of anilines is 1. The third kappa shape index (κ3) is 2.21. The fourth-order valence-electron chi connectivity index (χ4n) is 3.51. The van der Waals surface area contributed by atoms with E-state index in [1.54, 1.807) is 6.92 Å². The maximum Gasteiger partial charge on any atom is 0.311 e. The first kappa shape index (κ1) is 15.1. The van der Waals surface area contributed by atoms with Crippen molar-refractivity contribution >= 4 is 11.7 Å². The lowest BCUT2D eigenvalue weighted by Gasteiger charge is -2.34. The topological polar surface area (TPSA) is 42.4 Å². The summed E-state index contributed by atoms with van der Waals surface area (Å²) in [5.74, 6) is -7.40. The quantitative estimate of drug-likeness (QED) is 0.488. The molecule has 2 bridgehead atoms. The van der Waals surface area contributed by atoms with Gasteiger partial charge in [-0.1, -0.05) is 0 Å². The molecule has 1 aliphatic carbocycles. The van der Waals surface area contributed by atoms with Gasteiger partial charge in [0, 0.05) is 12.6 Å². The Kier molecular flexibility index (Phi) is 3.70. The standard InChI is InChI=1S/C14H14F4N2O2/c1-2-22-14(21)7-3-6-4-8(7)20(5-6)11-9(15)12(17)19-13(18)10(11)16/h6-8H,2-5H2,1H3. The lowest BCUT2D eigenvalue weighted by molar-refractivity contribution is -0.148. The summed E-state index contributed by atoms with van der Waals surface area (Å²) in [4.78, 5) is 15.7. The van der Waals surface area contributed by atoms with Gasteiger partial charge in [-0.05, 0) is 25.7 Å². The predicted octanol–water partition coefficient (Wildman–Crippen LogP) is 2.42. The van der Waals surface area contributed by atoms with Crippen molar-refractivity contribution in [2.75, 3.05) is 18.1 Å². The van der Waals surface area contributed by atoms with Gasteiger partial charge in [0.1, 0.15) is 5.69 Å². The molecule has 1 saturated heterocycles. The highest BCUT2D eigenvalue weighted by Gasteiger charge is 2.50. The molecule has 0 spiro atoms. The molecular formula is C14H14F4N2O2. The zero-order chi connectivity index (χ0) is 16.0. The smallest absolute Gasteiger partial charge is 0.311 e. The lowest BCUT2D eigenvalue weighted by atomic mass is 9.97. The SMILES string of the molecule is CCOC(=O)C1CC2CC1N(c1c(F)c(F)nc(F)c1F)C2. The summed E-state index contributed by atoms with van der Waals surface area (Å²) in [6.07, 6.45) is 1.09. The van der Waals surface area contributed by atoms with Crippen LogP contribution >= 0.6 is 0 Å².